The van der Waals surface area contributed by atoms with Crippen LogP contribution in [0, 0.1) is 0 Å². The van der Waals surface area contributed by atoms with E-state index >= 15 is 0 Å². The Morgan fingerprint density at radius 3 is 3.12 bits per heavy atom. The standard InChI is InChI=1S/C17H21N3O3S2/c1-20-16(22)14-11-5-2-6-12(11)25-15(14)19-17(20)24-9-13(21)18-8-10-4-3-7-23-10/h10H,2-9H2,1H3,(H,18,21)/t10-/m0/s1. The van der Waals surface area contributed by atoms with E-state index in [0.717, 1.165) is 48.9 Å². The fourth-order valence-electron chi connectivity index (χ4n) is 3.45. The number of thioether (sulfide) groups is 1. The van der Waals surface area contributed by atoms with E-state index < -0.39 is 0 Å². The summed E-state index contributed by atoms with van der Waals surface area (Å²) in [6.45, 7) is 1.34. The smallest absolute Gasteiger partial charge is 0.262 e. The van der Waals surface area contributed by atoms with Gasteiger partial charge in [-0.1, -0.05) is 11.8 Å². The molecule has 0 bridgehead atoms. The fourth-order valence-corrected chi connectivity index (χ4v) is 5.55. The number of aryl methyl sites for hydroxylation is 2. The van der Waals surface area contributed by atoms with E-state index in [-0.39, 0.29) is 23.3 Å². The molecule has 1 aliphatic heterocycles. The summed E-state index contributed by atoms with van der Waals surface area (Å²) in [5.74, 6) is 0.201. The van der Waals surface area contributed by atoms with Crippen LogP contribution in [-0.2, 0) is 29.4 Å². The normalized spacial score (nSPS) is 19.5. The number of hydrogen-bond acceptors (Lipinski definition) is 6. The molecule has 0 saturated carbocycles. The van der Waals surface area contributed by atoms with Crippen LogP contribution in [0.15, 0.2) is 9.95 Å². The van der Waals surface area contributed by atoms with E-state index in [4.69, 9.17) is 4.74 Å². The largest absolute Gasteiger partial charge is 0.376 e. The minimum Gasteiger partial charge on any atom is -0.376 e. The highest BCUT2D eigenvalue weighted by Crippen LogP contribution is 2.35. The second kappa shape index (κ2) is 7.09. The van der Waals surface area contributed by atoms with Crippen molar-refractivity contribution in [1.29, 1.82) is 0 Å². The highest BCUT2D eigenvalue weighted by atomic mass is 32.2. The van der Waals surface area contributed by atoms with Gasteiger partial charge in [-0.15, -0.1) is 11.3 Å². The number of amides is 1. The lowest BCUT2D eigenvalue weighted by molar-refractivity contribution is -0.119. The first-order valence-corrected chi connectivity index (χ1v) is 10.5. The first kappa shape index (κ1) is 17.1. The van der Waals surface area contributed by atoms with Crippen molar-refractivity contribution in [2.45, 2.75) is 43.4 Å². The van der Waals surface area contributed by atoms with Gasteiger partial charge in [0.15, 0.2) is 5.16 Å². The highest BCUT2D eigenvalue weighted by Gasteiger charge is 2.23. The van der Waals surface area contributed by atoms with Gasteiger partial charge in [0.25, 0.3) is 5.56 Å². The van der Waals surface area contributed by atoms with Gasteiger partial charge in [-0.2, -0.15) is 0 Å². The Kier molecular flexibility index (Phi) is 4.84. The Bertz CT molecular complexity index is 868. The third kappa shape index (κ3) is 3.35. The van der Waals surface area contributed by atoms with Gasteiger partial charge in [-0.05, 0) is 37.7 Å². The summed E-state index contributed by atoms with van der Waals surface area (Å²) >= 11 is 2.94. The van der Waals surface area contributed by atoms with Crippen LogP contribution < -0.4 is 10.9 Å². The third-order valence-electron chi connectivity index (χ3n) is 4.79. The van der Waals surface area contributed by atoms with Crippen molar-refractivity contribution in [1.82, 2.24) is 14.9 Å². The average molecular weight is 380 g/mol. The molecular formula is C17H21N3O3S2. The van der Waals surface area contributed by atoms with Crippen LogP contribution in [0.3, 0.4) is 0 Å². The van der Waals surface area contributed by atoms with Crippen LogP contribution >= 0.6 is 23.1 Å². The molecule has 3 heterocycles. The number of thiophene rings is 1. The minimum absolute atomic E-state index is 0.00617. The van der Waals surface area contributed by atoms with Gasteiger partial charge in [-0.25, -0.2) is 4.98 Å². The third-order valence-corrected chi connectivity index (χ3v) is 7.00. The van der Waals surface area contributed by atoms with Gasteiger partial charge >= 0.3 is 0 Å². The highest BCUT2D eigenvalue weighted by molar-refractivity contribution is 7.99. The number of carbonyl (C=O) groups is 1. The molecule has 0 aromatic carbocycles. The maximum Gasteiger partial charge on any atom is 0.262 e. The van der Waals surface area contributed by atoms with Gasteiger partial charge in [-0.3, -0.25) is 14.2 Å². The minimum atomic E-state index is -0.0523. The number of nitrogens with one attached hydrogen (secondary N) is 1. The van der Waals surface area contributed by atoms with Crippen LogP contribution in [-0.4, -0.2) is 40.5 Å². The molecule has 1 atom stereocenters. The first-order valence-electron chi connectivity index (χ1n) is 8.66. The Labute approximate surface area is 154 Å². The van der Waals surface area contributed by atoms with E-state index in [9.17, 15) is 9.59 Å². The second-order valence-corrected chi connectivity index (χ2v) is 8.55. The Hall–Kier alpha value is -1.38. The van der Waals surface area contributed by atoms with E-state index in [1.54, 1.807) is 23.0 Å². The lowest BCUT2D eigenvalue weighted by Gasteiger charge is -2.11. The summed E-state index contributed by atoms with van der Waals surface area (Å²) in [6.07, 6.45) is 5.36. The molecule has 2 aliphatic rings. The summed E-state index contributed by atoms with van der Waals surface area (Å²) < 4.78 is 7.08. The molecule has 25 heavy (non-hydrogen) atoms. The van der Waals surface area contributed by atoms with Gasteiger partial charge < -0.3 is 10.1 Å². The summed E-state index contributed by atoms with van der Waals surface area (Å²) in [5.41, 5.74) is 1.20. The first-order chi connectivity index (χ1) is 12.1. The summed E-state index contributed by atoms with van der Waals surface area (Å²) in [4.78, 5) is 31.5. The molecule has 1 aliphatic carbocycles. The molecule has 6 nitrogen and oxygen atoms in total. The molecule has 0 radical (unpaired) electrons. The number of nitrogens with zero attached hydrogens (tertiary/aromatic N) is 2. The maximum atomic E-state index is 12.7. The van der Waals surface area contributed by atoms with Crippen molar-refractivity contribution >= 4 is 39.2 Å². The predicted molar refractivity (Wildman–Crippen MR) is 99.6 cm³/mol. The molecular weight excluding hydrogens is 358 g/mol. The number of ether oxygens (including phenoxy) is 1. The molecule has 1 fully saturated rings. The molecule has 0 spiro atoms. The van der Waals surface area contributed by atoms with Gasteiger partial charge in [0, 0.05) is 25.1 Å². The molecule has 1 N–H and O–H groups in total. The monoisotopic (exact) mass is 379 g/mol. The van der Waals surface area contributed by atoms with E-state index in [0.29, 0.717) is 11.7 Å². The number of carbonyl (C=O) groups excluding carboxylic acids is 1. The zero-order valence-electron chi connectivity index (χ0n) is 14.2. The SMILES string of the molecule is Cn1c(SCC(=O)NC[C@@H]2CCCO2)nc2sc3c(c2c1=O)CCC3. The molecule has 2 aromatic heterocycles. The zero-order valence-corrected chi connectivity index (χ0v) is 15.8. The van der Waals surface area contributed by atoms with E-state index in [1.165, 1.54) is 22.2 Å². The summed E-state index contributed by atoms with van der Waals surface area (Å²) in [5, 5.41) is 4.29. The molecule has 2 aromatic rings. The molecule has 4 rings (SSSR count). The lowest BCUT2D eigenvalue weighted by atomic mass is 10.2. The molecule has 1 saturated heterocycles. The van der Waals surface area contributed by atoms with Crippen LogP contribution in [0.5, 0.6) is 0 Å². The lowest BCUT2D eigenvalue weighted by Crippen LogP contribution is -2.33. The maximum absolute atomic E-state index is 12.7. The van der Waals surface area contributed by atoms with Crippen molar-refractivity contribution < 1.29 is 9.53 Å². The fraction of sp³-hybridized carbons (Fsp3) is 0.588. The molecule has 0 unspecified atom stereocenters. The number of aromatic nitrogens is 2. The van der Waals surface area contributed by atoms with E-state index in [2.05, 4.69) is 10.3 Å². The number of rotatable bonds is 5. The van der Waals surface area contributed by atoms with Crippen LogP contribution in [0.25, 0.3) is 10.2 Å². The van der Waals surface area contributed by atoms with Gasteiger partial charge in [0.1, 0.15) is 4.83 Å². The average Bonchev–Trinajstić information content (AvgIpc) is 3.31. The van der Waals surface area contributed by atoms with Crippen LogP contribution in [0.2, 0.25) is 0 Å². The van der Waals surface area contributed by atoms with Gasteiger partial charge in [0.2, 0.25) is 5.91 Å². The molecule has 134 valence electrons. The Morgan fingerprint density at radius 2 is 2.32 bits per heavy atom. The van der Waals surface area contributed by atoms with Crippen LogP contribution in [0.1, 0.15) is 29.7 Å². The van der Waals surface area contributed by atoms with Crippen molar-refractivity contribution in [2.24, 2.45) is 7.05 Å². The summed E-state index contributed by atoms with van der Waals surface area (Å²) in [7, 11) is 1.74. The van der Waals surface area contributed by atoms with Crippen molar-refractivity contribution in [3.8, 4) is 0 Å². The molecule has 1 amide bonds. The molecule has 8 heteroatoms. The number of fused-ring (bicyclic) bond motifs is 3. The van der Waals surface area contributed by atoms with Crippen molar-refractivity contribution in [3.63, 3.8) is 0 Å². The number of hydrogen-bond donors (Lipinski definition) is 1. The predicted octanol–water partition coefficient (Wildman–Crippen LogP) is 1.87. The Morgan fingerprint density at radius 1 is 1.44 bits per heavy atom. The zero-order chi connectivity index (χ0) is 17.4. The summed E-state index contributed by atoms with van der Waals surface area (Å²) in [6, 6.07) is 0. The van der Waals surface area contributed by atoms with E-state index in [1.807, 2.05) is 0 Å². The second-order valence-electron chi connectivity index (χ2n) is 6.52. The van der Waals surface area contributed by atoms with Crippen molar-refractivity contribution in [3.05, 3.63) is 20.8 Å². The van der Waals surface area contributed by atoms with Crippen LogP contribution in [0.4, 0.5) is 0 Å². The van der Waals surface area contributed by atoms with Crippen molar-refractivity contribution in [2.75, 3.05) is 18.9 Å². The quantitative estimate of drug-likeness (QED) is 0.634. The van der Waals surface area contributed by atoms with Gasteiger partial charge in [0.05, 0.1) is 17.2 Å². The topological polar surface area (TPSA) is 73.2 Å². The Balaban J connectivity index is 1.45.